The highest BCUT2D eigenvalue weighted by molar-refractivity contribution is 6.53. The third-order valence-electron chi connectivity index (χ3n) is 1.16. The molecule has 0 aliphatic rings. The lowest BCUT2D eigenvalue weighted by Gasteiger charge is -2.17. The van der Waals surface area contributed by atoms with Crippen LogP contribution in [0.2, 0.25) is 0 Å². The van der Waals surface area contributed by atoms with Crippen LogP contribution in [-0.4, -0.2) is 28.6 Å². The van der Waals surface area contributed by atoms with Crippen LogP contribution in [0.15, 0.2) is 0 Å². The standard InChI is InChI=1S/C7H11Cl2NO2/c1-5(2)3-10(4-11)7(12)6(8)9/h4-6H,3H2,1-2H3. The van der Waals surface area contributed by atoms with Crippen LogP contribution in [0.25, 0.3) is 0 Å². The van der Waals surface area contributed by atoms with Crippen LogP contribution in [0.1, 0.15) is 13.8 Å². The number of rotatable bonds is 4. The normalized spacial score (nSPS) is 10.5. The highest BCUT2D eigenvalue weighted by atomic mass is 35.5. The van der Waals surface area contributed by atoms with E-state index < -0.39 is 10.7 Å². The van der Waals surface area contributed by atoms with Gasteiger partial charge in [0.1, 0.15) is 0 Å². The Morgan fingerprint density at radius 3 is 2.25 bits per heavy atom. The maximum absolute atomic E-state index is 11.0. The molecule has 2 amide bonds. The number of carbonyl (C=O) groups is 2. The van der Waals surface area contributed by atoms with Crippen LogP contribution in [0.3, 0.4) is 0 Å². The summed E-state index contributed by atoms with van der Waals surface area (Å²) in [6, 6.07) is 0. The highest BCUT2D eigenvalue weighted by Gasteiger charge is 2.19. The van der Waals surface area contributed by atoms with Crippen molar-refractivity contribution in [3.05, 3.63) is 0 Å². The van der Waals surface area contributed by atoms with Gasteiger partial charge in [-0.2, -0.15) is 0 Å². The SMILES string of the molecule is CC(C)CN(C=O)C(=O)C(Cl)Cl. The fraction of sp³-hybridized carbons (Fsp3) is 0.714. The Morgan fingerprint density at radius 2 is 2.00 bits per heavy atom. The zero-order valence-corrected chi connectivity index (χ0v) is 8.47. The number of nitrogens with zero attached hydrogens (tertiary/aromatic N) is 1. The van der Waals surface area contributed by atoms with Crippen LogP contribution in [0.5, 0.6) is 0 Å². The van der Waals surface area contributed by atoms with Gasteiger partial charge in [0.05, 0.1) is 0 Å². The second kappa shape index (κ2) is 5.38. The molecule has 0 spiro atoms. The van der Waals surface area contributed by atoms with Crippen LogP contribution in [0, 0.1) is 5.92 Å². The number of alkyl halides is 2. The Labute approximate surface area is 81.6 Å². The molecule has 0 aromatic carbocycles. The smallest absolute Gasteiger partial charge is 0.262 e. The number of hydrogen-bond donors (Lipinski definition) is 0. The molecular formula is C7H11Cl2NO2. The molecule has 5 heteroatoms. The van der Waals surface area contributed by atoms with Crippen molar-refractivity contribution < 1.29 is 9.59 Å². The van der Waals surface area contributed by atoms with Gasteiger partial charge in [-0.3, -0.25) is 14.5 Å². The van der Waals surface area contributed by atoms with Gasteiger partial charge < -0.3 is 0 Å². The maximum Gasteiger partial charge on any atom is 0.262 e. The largest absolute Gasteiger partial charge is 0.283 e. The Bertz CT molecular complexity index is 171. The number of hydrogen-bond acceptors (Lipinski definition) is 2. The molecule has 0 aliphatic carbocycles. The zero-order valence-electron chi connectivity index (χ0n) is 6.96. The molecule has 0 heterocycles. The molecule has 0 radical (unpaired) electrons. The molecule has 0 N–H and O–H groups in total. The summed E-state index contributed by atoms with van der Waals surface area (Å²) in [4.78, 5) is 21.2. The van der Waals surface area contributed by atoms with Crippen LogP contribution >= 0.6 is 23.2 Å². The van der Waals surface area contributed by atoms with Crippen LogP contribution in [0.4, 0.5) is 0 Å². The topological polar surface area (TPSA) is 37.4 Å². The van der Waals surface area contributed by atoms with Gasteiger partial charge in [0.15, 0.2) is 4.84 Å². The van der Waals surface area contributed by atoms with Gasteiger partial charge in [0.2, 0.25) is 6.41 Å². The van der Waals surface area contributed by atoms with Crippen molar-refractivity contribution in [2.45, 2.75) is 18.7 Å². The summed E-state index contributed by atoms with van der Waals surface area (Å²) in [5.41, 5.74) is 0. The van der Waals surface area contributed by atoms with Crippen molar-refractivity contribution in [2.75, 3.05) is 6.54 Å². The minimum absolute atomic E-state index is 0.214. The van der Waals surface area contributed by atoms with Crippen molar-refractivity contribution in [3.8, 4) is 0 Å². The number of carbonyl (C=O) groups excluding carboxylic acids is 2. The summed E-state index contributed by atoms with van der Waals surface area (Å²) in [5, 5.41) is 0. The molecule has 0 aromatic heterocycles. The molecule has 3 nitrogen and oxygen atoms in total. The van der Waals surface area contributed by atoms with E-state index in [1.165, 1.54) is 0 Å². The van der Waals surface area contributed by atoms with Crippen LogP contribution in [-0.2, 0) is 9.59 Å². The zero-order chi connectivity index (χ0) is 9.72. The Balaban J connectivity index is 4.15. The first-order valence-electron chi connectivity index (χ1n) is 3.53. The minimum atomic E-state index is -1.16. The summed E-state index contributed by atoms with van der Waals surface area (Å²) in [5.74, 6) is -0.353. The lowest BCUT2D eigenvalue weighted by molar-refractivity contribution is -0.137. The second-order valence-electron chi connectivity index (χ2n) is 2.79. The summed E-state index contributed by atoms with van der Waals surface area (Å²) < 4.78 is 0. The fourth-order valence-corrected chi connectivity index (χ4v) is 0.954. The first-order valence-corrected chi connectivity index (χ1v) is 4.40. The molecule has 12 heavy (non-hydrogen) atoms. The lowest BCUT2D eigenvalue weighted by Crippen LogP contribution is -2.36. The van der Waals surface area contributed by atoms with Gasteiger partial charge in [0.25, 0.3) is 5.91 Å². The molecule has 0 unspecified atom stereocenters. The third-order valence-corrected chi connectivity index (χ3v) is 1.53. The molecule has 0 aromatic rings. The van der Waals surface area contributed by atoms with Gasteiger partial charge in [-0.1, -0.05) is 37.0 Å². The third kappa shape index (κ3) is 3.93. The summed E-state index contributed by atoms with van der Waals surface area (Å²) in [6.45, 7) is 4.13. The second-order valence-corrected chi connectivity index (χ2v) is 3.89. The average molecular weight is 212 g/mol. The van der Waals surface area contributed by atoms with Gasteiger partial charge >= 0.3 is 0 Å². The Hall–Kier alpha value is -0.280. The van der Waals surface area contributed by atoms with E-state index in [-0.39, 0.29) is 5.92 Å². The molecule has 0 atom stereocenters. The predicted molar refractivity (Wildman–Crippen MR) is 48.1 cm³/mol. The lowest BCUT2D eigenvalue weighted by atomic mass is 10.2. The van der Waals surface area contributed by atoms with Crippen molar-refractivity contribution >= 4 is 35.5 Å². The number of imide groups is 1. The molecule has 0 rings (SSSR count). The number of halogens is 2. The molecule has 0 fully saturated rings. The Kier molecular flexibility index (Phi) is 5.25. The average Bonchev–Trinajstić information content (AvgIpc) is 1.98. The molecule has 0 saturated carbocycles. The van der Waals surface area contributed by atoms with E-state index in [2.05, 4.69) is 0 Å². The molecule has 70 valence electrons. The van der Waals surface area contributed by atoms with Gasteiger partial charge in [-0.15, -0.1) is 0 Å². The first kappa shape index (κ1) is 11.7. The van der Waals surface area contributed by atoms with Crippen molar-refractivity contribution in [2.24, 2.45) is 5.92 Å². The van der Waals surface area contributed by atoms with E-state index in [1.807, 2.05) is 13.8 Å². The van der Waals surface area contributed by atoms with E-state index >= 15 is 0 Å². The van der Waals surface area contributed by atoms with E-state index in [1.54, 1.807) is 0 Å². The quantitative estimate of drug-likeness (QED) is 0.522. The summed E-state index contributed by atoms with van der Waals surface area (Å²) in [6.07, 6.45) is 0.445. The van der Waals surface area contributed by atoms with E-state index in [9.17, 15) is 9.59 Å². The van der Waals surface area contributed by atoms with Crippen molar-refractivity contribution in [1.29, 1.82) is 0 Å². The highest BCUT2D eigenvalue weighted by Crippen LogP contribution is 2.07. The van der Waals surface area contributed by atoms with Crippen LogP contribution < -0.4 is 0 Å². The van der Waals surface area contributed by atoms with Gasteiger partial charge in [0, 0.05) is 6.54 Å². The summed E-state index contributed by atoms with van der Waals surface area (Å²) >= 11 is 10.6. The van der Waals surface area contributed by atoms with E-state index in [0.29, 0.717) is 13.0 Å². The maximum atomic E-state index is 11.0. The van der Waals surface area contributed by atoms with Crippen molar-refractivity contribution in [1.82, 2.24) is 4.90 Å². The Morgan fingerprint density at radius 1 is 1.50 bits per heavy atom. The summed E-state index contributed by atoms with van der Waals surface area (Å²) in [7, 11) is 0. The predicted octanol–water partition coefficient (Wildman–Crippen LogP) is 1.43. The van der Waals surface area contributed by atoms with Gasteiger partial charge in [-0.05, 0) is 5.92 Å². The number of amides is 2. The fourth-order valence-electron chi connectivity index (χ4n) is 0.704. The molecule has 0 bridgehead atoms. The molecule has 0 aliphatic heterocycles. The molecular weight excluding hydrogens is 201 g/mol. The van der Waals surface area contributed by atoms with Crippen molar-refractivity contribution in [3.63, 3.8) is 0 Å². The first-order chi connectivity index (χ1) is 5.49. The van der Waals surface area contributed by atoms with E-state index in [4.69, 9.17) is 23.2 Å². The van der Waals surface area contributed by atoms with E-state index in [0.717, 1.165) is 4.90 Å². The van der Waals surface area contributed by atoms with Gasteiger partial charge in [-0.25, -0.2) is 0 Å². The molecule has 0 saturated heterocycles. The minimum Gasteiger partial charge on any atom is -0.283 e. The monoisotopic (exact) mass is 211 g/mol.